The molecule has 67 heavy (non-hydrogen) atoms. The number of methoxy groups -OCH3 is 1. The summed E-state index contributed by atoms with van der Waals surface area (Å²) in [4.78, 5) is 49.3. The highest BCUT2D eigenvalue weighted by molar-refractivity contribution is 7.09. The van der Waals surface area contributed by atoms with Crippen LogP contribution in [-0.2, 0) is 40.3 Å². The molecule has 0 radical (unpaired) electrons. The molecule has 1 fully saturated rings. The molecule has 13 nitrogen and oxygen atoms in total. The van der Waals surface area contributed by atoms with Gasteiger partial charge < -0.3 is 14.4 Å². The lowest BCUT2D eigenvalue weighted by Gasteiger charge is -2.23. The molecule has 1 amide bonds. The average molecular weight is 927 g/mol. The summed E-state index contributed by atoms with van der Waals surface area (Å²) >= 11 is 1.55. The molecule has 0 saturated heterocycles. The number of amidine groups is 1. The topological polar surface area (TPSA) is 169 Å². The van der Waals surface area contributed by atoms with E-state index < -0.39 is 11.5 Å². The largest absolute Gasteiger partial charge is 0.478 e. The van der Waals surface area contributed by atoms with E-state index in [9.17, 15) is 19.5 Å². The number of carbonyl (C=O) groups excluding carboxylic acids is 2. The Morgan fingerprint density at radius 1 is 0.881 bits per heavy atom. The molecule has 4 heterocycles. The number of hydrogen-bond donors (Lipinski definition) is 2. The van der Waals surface area contributed by atoms with Crippen LogP contribution in [0, 0.1) is 0 Å². The fraction of sp³-hybridized carbons (Fsp3) is 0.396. The summed E-state index contributed by atoms with van der Waals surface area (Å²) in [7, 11) is 1.70. The number of nitrogens with zero attached hydrogens (tertiary/aromatic N) is 7. The zero-order chi connectivity index (χ0) is 48.2. The number of aliphatic carboxylic acids is 1. The number of rotatable bonds is 18. The van der Waals surface area contributed by atoms with Crippen LogP contribution in [0.3, 0.4) is 0 Å². The van der Waals surface area contributed by atoms with E-state index in [0.717, 1.165) is 108 Å². The fourth-order valence-electron chi connectivity index (χ4n) is 8.17. The predicted molar refractivity (Wildman–Crippen MR) is 268 cm³/mol. The van der Waals surface area contributed by atoms with Crippen molar-refractivity contribution in [2.24, 2.45) is 4.99 Å². The van der Waals surface area contributed by atoms with Crippen LogP contribution < -0.4 is 0 Å². The van der Waals surface area contributed by atoms with E-state index in [0.29, 0.717) is 43.1 Å². The van der Waals surface area contributed by atoms with Gasteiger partial charge in [-0.3, -0.25) is 19.5 Å². The van der Waals surface area contributed by atoms with Gasteiger partial charge in [0.2, 0.25) is 5.82 Å². The predicted octanol–water partition coefficient (Wildman–Crippen LogP) is 11.3. The number of hydrogen-bond acceptors (Lipinski definition) is 10. The van der Waals surface area contributed by atoms with Gasteiger partial charge >= 0.3 is 5.97 Å². The van der Waals surface area contributed by atoms with E-state index in [-0.39, 0.29) is 11.7 Å². The van der Waals surface area contributed by atoms with Crippen LogP contribution >= 0.6 is 11.3 Å². The molecule has 2 N–H and O–H groups in total. The number of nitrogens with one attached hydrogen (secondary N) is 1. The highest BCUT2D eigenvalue weighted by Crippen LogP contribution is 2.40. The number of aliphatic imine (C=N–C) groups is 1. The number of aryl methyl sites for hydroxylation is 1. The van der Waals surface area contributed by atoms with Gasteiger partial charge in [0.15, 0.2) is 5.78 Å². The van der Waals surface area contributed by atoms with Gasteiger partial charge in [-0.25, -0.2) is 9.78 Å². The van der Waals surface area contributed by atoms with Crippen LogP contribution in [0.5, 0.6) is 0 Å². The molecule has 14 heteroatoms. The quantitative estimate of drug-likeness (QED) is 0.0484. The highest BCUT2D eigenvalue weighted by Gasteiger charge is 2.49. The molecule has 0 bridgehead atoms. The number of carboxylic acid groups (broad SMARTS) is 1. The molecule has 354 valence electrons. The Bertz CT molecular complexity index is 2520. The van der Waals surface area contributed by atoms with Crippen molar-refractivity contribution in [1.82, 2.24) is 35.1 Å². The number of benzene rings is 3. The van der Waals surface area contributed by atoms with Crippen LogP contribution in [0.25, 0.3) is 28.6 Å². The van der Waals surface area contributed by atoms with Crippen molar-refractivity contribution in [3.05, 3.63) is 135 Å². The first-order valence-corrected chi connectivity index (χ1v) is 24.5. The molecule has 0 unspecified atom stereocenters. The van der Waals surface area contributed by atoms with Crippen LogP contribution in [0.15, 0.2) is 107 Å². The van der Waals surface area contributed by atoms with Gasteiger partial charge in [0.1, 0.15) is 17.2 Å². The highest BCUT2D eigenvalue weighted by atomic mass is 32.1. The average Bonchev–Trinajstić information content (AvgIpc) is 4.24. The number of imidazole rings is 1. The van der Waals surface area contributed by atoms with Gasteiger partial charge in [0.05, 0.1) is 18.4 Å². The van der Waals surface area contributed by atoms with Crippen molar-refractivity contribution in [3.63, 3.8) is 0 Å². The fourth-order valence-corrected chi connectivity index (χ4v) is 8.90. The van der Waals surface area contributed by atoms with Gasteiger partial charge in [-0.1, -0.05) is 133 Å². The van der Waals surface area contributed by atoms with Crippen molar-refractivity contribution in [2.75, 3.05) is 13.7 Å². The molecule has 2 aliphatic rings. The van der Waals surface area contributed by atoms with Crippen molar-refractivity contribution in [3.8, 4) is 22.5 Å². The lowest BCUT2D eigenvalue weighted by Crippen LogP contribution is -2.40. The number of unbranched alkanes of at least 4 members (excludes halogenated alkanes) is 1. The summed E-state index contributed by atoms with van der Waals surface area (Å²) in [5, 5.41) is 26.1. The maximum atomic E-state index is 13.4. The summed E-state index contributed by atoms with van der Waals surface area (Å²) in [5.41, 5.74) is 6.43. The van der Waals surface area contributed by atoms with E-state index in [4.69, 9.17) is 9.73 Å². The van der Waals surface area contributed by atoms with Crippen molar-refractivity contribution < 1.29 is 24.2 Å². The third-order valence-electron chi connectivity index (χ3n) is 11.6. The summed E-state index contributed by atoms with van der Waals surface area (Å²) < 4.78 is 7.30. The number of ketones is 1. The minimum absolute atomic E-state index is 0.0381. The van der Waals surface area contributed by atoms with E-state index in [2.05, 4.69) is 67.4 Å². The normalized spacial score (nSPS) is 13.8. The van der Waals surface area contributed by atoms with Crippen LogP contribution in [-0.4, -0.2) is 82.9 Å². The summed E-state index contributed by atoms with van der Waals surface area (Å²) in [6.07, 6.45) is 12.3. The zero-order valence-electron chi connectivity index (χ0n) is 40.1. The number of carbonyl (C=O) groups is 3. The van der Waals surface area contributed by atoms with E-state index in [1.54, 1.807) is 37.6 Å². The van der Waals surface area contributed by atoms with Gasteiger partial charge in [0.25, 0.3) is 5.91 Å². The monoisotopic (exact) mass is 926 g/mol. The van der Waals surface area contributed by atoms with Crippen LogP contribution in [0.4, 0.5) is 0 Å². The molecule has 8 rings (SSSR count). The number of ether oxygens (including phenoxy) is 1. The first kappa shape index (κ1) is 51.6. The molecule has 1 aliphatic carbocycles. The lowest BCUT2D eigenvalue weighted by atomic mass is 9.97. The first-order valence-electron chi connectivity index (χ1n) is 23.6. The second-order valence-electron chi connectivity index (χ2n) is 16.0. The zero-order valence-corrected chi connectivity index (χ0v) is 40.9. The Morgan fingerprint density at radius 2 is 1.57 bits per heavy atom. The maximum Gasteiger partial charge on any atom is 0.332 e. The number of H-pyrrole nitrogens is 1. The summed E-state index contributed by atoms with van der Waals surface area (Å²) in [6, 6.07) is 27.8. The summed E-state index contributed by atoms with van der Waals surface area (Å²) in [6.45, 7) is 13.5. The third-order valence-corrected chi connectivity index (χ3v) is 12.4. The minimum atomic E-state index is -0.919. The number of amides is 1. The first-order chi connectivity index (χ1) is 32.7. The summed E-state index contributed by atoms with van der Waals surface area (Å²) in [5.74, 6) is 1.70. The lowest BCUT2D eigenvalue weighted by molar-refractivity contribution is -0.133. The molecule has 6 aromatic rings. The third kappa shape index (κ3) is 13.6. The number of thiophene rings is 1. The van der Waals surface area contributed by atoms with Crippen molar-refractivity contribution in [2.45, 2.75) is 124 Å². The molecule has 3 aromatic carbocycles. The van der Waals surface area contributed by atoms with Gasteiger partial charge in [-0.05, 0) is 77.6 Å². The number of carboxylic acids is 1. The molecule has 0 atom stereocenters. The number of Topliss-reactive ketones (excluding diaryl/α,β-unsaturated/α-hetero) is 1. The van der Waals surface area contributed by atoms with E-state index in [1.807, 2.05) is 92.6 Å². The van der Waals surface area contributed by atoms with Gasteiger partial charge in [0, 0.05) is 61.1 Å². The van der Waals surface area contributed by atoms with Crippen LogP contribution in [0.2, 0.25) is 0 Å². The van der Waals surface area contributed by atoms with Crippen molar-refractivity contribution >= 4 is 40.9 Å². The smallest absolute Gasteiger partial charge is 0.332 e. The van der Waals surface area contributed by atoms with Gasteiger partial charge in [-0.15, -0.1) is 21.5 Å². The van der Waals surface area contributed by atoms with Crippen LogP contribution in [0.1, 0.15) is 131 Å². The Hall–Kier alpha value is -6.38. The van der Waals surface area contributed by atoms with Gasteiger partial charge in [-0.2, -0.15) is 5.21 Å². The molecule has 1 spiro atoms. The van der Waals surface area contributed by atoms with E-state index >= 15 is 0 Å². The molecular formula is C53H66N8O5S. The standard InChI is InChI=1S/C25H28N6O2.C24H26N2O3S.2C2H6/c1-33-16-6-9-22-26-25(14-4-5-15-25)24(32)31(22)17-18-10-12-19(13-11-18)20-7-2-3-8-21(20)23-27-29-30-28-23;1-3-4-7-23-25-15-21(13-20(24(28)29)14-22-6-5-12-30-22)26(23)16-18-8-10-19(11-9-18)17(2)27;2*1-2/h2-3,7-8,10-13H,4-6,9,14-17H2,1H3,(H,27,28,29,30);5-6,8-13,15H,3-4,7,14,16H2,1-2H3,(H,28,29);2*1-2H3/b;20-13+;;. The Labute approximate surface area is 399 Å². The molecule has 3 aromatic heterocycles. The SMILES string of the molecule is CC.CC.CCCCc1ncc(/C=C(\Cc2cccs2)C(=O)O)n1Cc1ccc(C(C)=O)cc1.COCCCC1=NC2(CCCC2)C(=O)N1Cc1ccc(-c2ccccc2-c2nn[nH]n2)cc1. The number of aromatic amines is 1. The van der Waals surface area contributed by atoms with E-state index in [1.165, 1.54) is 0 Å². The Morgan fingerprint density at radius 3 is 2.18 bits per heavy atom. The van der Waals surface area contributed by atoms with Crippen molar-refractivity contribution in [1.29, 1.82) is 0 Å². The molecule has 1 saturated carbocycles. The second-order valence-corrected chi connectivity index (χ2v) is 17.0. The number of aromatic nitrogens is 6. The molecular weight excluding hydrogens is 861 g/mol. The maximum absolute atomic E-state index is 13.4. The number of tetrazole rings is 1. The molecule has 1 aliphatic heterocycles. The minimum Gasteiger partial charge on any atom is -0.478 e. The Kier molecular flexibility index (Phi) is 20.1. The second kappa shape index (κ2) is 26.1. The Balaban J connectivity index is 0.000000235.